The number of nitrogens with two attached hydrogens (primary N) is 1. The second-order valence-electron chi connectivity index (χ2n) is 2.94. The molecule has 1 fully saturated rings. The van der Waals surface area contributed by atoms with Crippen LogP contribution in [0.3, 0.4) is 0 Å². The number of nitrogens with one attached hydrogen (secondary N) is 1. The first kappa shape index (κ1) is 10.6. The number of fused-ring (bicyclic) bond motifs is 1. The van der Waals surface area contributed by atoms with Gasteiger partial charge < -0.3 is 25.3 Å². The standard InChI is InChI=1S/C5H5N5O.C3H6O2/c6-5-9-3-2(4(11)10-5)7-1-8-3;1-2-5-3-4-1/h1H,(H4,6,7,8,9,10,11);1-3H2. The first-order valence-electron chi connectivity index (χ1n) is 4.58. The summed E-state index contributed by atoms with van der Waals surface area (Å²) >= 11 is 0. The minimum atomic E-state index is -0.176. The van der Waals surface area contributed by atoms with E-state index in [0.29, 0.717) is 18.0 Å². The molecule has 0 radical (unpaired) electrons. The second kappa shape index (κ2) is 4.73. The molecule has 0 saturated carbocycles. The summed E-state index contributed by atoms with van der Waals surface area (Å²) in [5, 5.41) is 9.14. The molecule has 16 heavy (non-hydrogen) atoms. The monoisotopic (exact) mass is 225 g/mol. The van der Waals surface area contributed by atoms with E-state index in [4.69, 9.17) is 20.3 Å². The molecule has 8 nitrogen and oxygen atoms in total. The van der Waals surface area contributed by atoms with Crippen LogP contribution in [0.25, 0.3) is 11.2 Å². The Morgan fingerprint density at radius 2 is 2.06 bits per heavy atom. The van der Waals surface area contributed by atoms with Crippen molar-refractivity contribution < 1.29 is 14.6 Å². The molecule has 3 heterocycles. The van der Waals surface area contributed by atoms with Crippen LogP contribution in [-0.4, -0.2) is 45.0 Å². The summed E-state index contributed by atoms with van der Waals surface area (Å²) in [6.45, 7) is 2.06. The third-order valence-electron chi connectivity index (χ3n) is 1.82. The molecule has 8 heteroatoms. The lowest BCUT2D eigenvalue weighted by Crippen LogP contribution is -1.94. The molecule has 1 aliphatic rings. The number of rotatable bonds is 0. The summed E-state index contributed by atoms with van der Waals surface area (Å²) in [7, 11) is 0. The van der Waals surface area contributed by atoms with Crippen molar-refractivity contribution in [1.29, 1.82) is 0 Å². The minimum absolute atomic E-state index is 0.0158. The highest BCUT2D eigenvalue weighted by atomic mass is 16.7. The first-order chi connectivity index (χ1) is 7.77. The topological polar surface area (TPSA) is 119 Å². The van der Waals surface area contributed by atoms with Gasteiger partial charge in [0.25, 0.3) is 0 Å². The van der Waals surface area contributed by atoms with Crippen LogP contribution in [0.15, 0.2) is 6.33 Å². The van der Waals surface area contributed by atoms with E-state index >= 15 is 0 Å². The second-order valence-corrected chi connectivity index (χ2v) is 2.94. The van der Waals surface area contributed by atoms with Crippen molar-refractivity contribution in [1.82, 2.24) is 19.9 Å². The summed E-state index contributed by atoms with van der Waals surface area (Å²) in [5.41, 5.74) is 6.02. The molecule has 0 unspecified atom stereocenters. The van der Waals surface area contributed by atoms with Gasteiger partial charge in [-0.1, -0.05) is 0 Å². The molecule has 86 valence electrons. The Balaban J connectivity index is 0.000000162. The van der Waals surface area contributed by atoms with Crippen molar-refractivity contribution in [3.8, 4) is 5.88 Å². The fraction of sp³-hybridized carbons (Fsp3) is 0.375. The number of ether oxygens (including phenoxy) is 2. The molecule has 2 aromatic heterocycles. The predicted octanol–water partition coefficient (Wildman–Crippen LogP) is -0.369. The van der Waals surface area contributed by atoms with Crippen molar-refractivity contribution in [3.63, 3.8) is 0 Å². The van der Waals surface area contributed by atoms with Crippen LogP contribution in [0.5, 0.6) is 5.88 Å². The molecule has 2 aromatic rings. The molecule has 0 spiro atoms. The lowest BCUT2D eigenvalue weighted by Gasteiger charge is -1.92. The van der Waals surface area contributed by atoms with Gasteiger partial charge in [-0.05, 0) is 0 Å². The molecular formula is C8H11N5O3. The van der Waals surface area contributed by atoms with E-state index in [1.54, 1.807) is 0 Å². The van der Waals surface area contributed by atoms with Gasteiger partial charge in [0.1, 0.15) is 12.3 Å². The predicted molar refractivity (Wildman–Crippen MR) is 54.5 cm³/mol. The van der Waals surface area contributed by atoms with Crippen LogP contribution in [0, 0.1) is 0 Å². The summed E-state index contributed by atoms with van der Waals surface area (Å²) in [6.07, 6.45) is 1.42. The van der Waals surface area contributed by atoms with E-state index < -0.39 is 0 Å². The zero-order valence-electron chi connectivity index (χ0n) is 8.38. The van der Waals surface area contributed by atoms with Crippen molar-refractivity contribution >= 4 is 17.1 Å². The quantitative estimate of drug-likeness (QED) is 0.559. The number of imidazole rings is 1. The number of aromatic hydroxyl groups is 1. The molecule has 0 atom stereocenters. The maximum absolute atomic E-state index is 9.14. The average Bonchev–Trinajstić information content (AvgIpc) is 2.90. The summed E-state index contributed by atoms with van der Waals surface area (Å²) in [5.74, 6) is -0.160. The van der Waals surface area contributed by atoms with E-state index in [9.17, 15) is 0 Å². The first-order valence-corrected chi connectivity index (χ1v) is 4.58. The van der Waals surface area contributed by atoms with Gasteiger partial charge >= 0.3 is 0 Å². The number of hydrogen-bond acceptors (Lipinski definition) is 7. The summed E-state index contributed by atoms with van der Waals surface area (Å²) in [4.78, 5) is 13.8. The third-order valence-corrected chi connectivity index (χ3v) is 1.82. The Labute approximate surface area is 90.4 Å². The molecule has 1 saturated heterocycles. The van der Waals surface area contributed by atoms with Gasteiger partial charge in [0.15, 0.2) is 5.65 Å². The van der Waals surface area contributed by atoms with Crippen LogP contribution < -0.4 is 5.73 Å². The van der Waals surface area contributed by atoms with Crippen LogP contribution in [0.2, 0.25) is 0 Å². The Hall–Kier alpha value is -1.93. The van der Waals surface area contributed by atoms with Crippen LogP contribution in [0.4, 0.5) is 5.95 Å². The SMILES string of the molecule is C1COCO1.Nc1nc(O)c2[nH]cnc2n1. The molecule has 3 rings (SSSR count). The lowest BCUT2D eigenvalue weighted by atomic mass is 10.5. The van der Waals surface area contributed by atoms with Crippen molar-refractivity contribution in [3.05, 3.63) is 6.33 Å². The average molecular weight is 225 g/mol. The van der Waals surface area contributed by atoms with Gasteiger partial charge in [0, 0.05) is 0 Å². The van der Waals surface area contributed by atoms with Gasteiger partial charge in [0.2, 0.25) is 11.8 Å². The molecule has 1 aliphatic heterocycles. The highest BCUT2D eigenvalue weighted by molar-refractivity contribution is 5.76. The van der Waals surface area contributed by atoms with Gasteiger partial charge in [0.05, 0.1) is 19.5 Å². The third kappa shape index (κ3) is 2.35. The van der Waals surface area contributed by atoms with Crippen molar-refractivity contribution in [2.24, 2.45) is 0 Å². The normalized spacial score (nSPS) is 14.8. The van der Waals surface area contributed by atoms with Gasteiger partial charge in [-0.3, -0.25) is 0 Å². The van der Waals surface area contributed by atoms with Crippen molar-refractivity contribution in [2.45, 2.75) is 0 Å². The van der Waals surface area contributed by atoms with Crippen LogP contribution in [-0.2, 0) is 9.47 Å². The maximum atomic E-state index is 9.14. The number of nitrogen functional groups attached to an aromatic ring is 1. The number of nitrogens with zero attached hydrogens (tertiary/aromatic N) is 3. The molecule has 0 aromatic carbocycles. The fourth-order valence-corrected chi connectivity index (χ4v) is 1.13. The Kier molecular flexibility index (Phi) is 3.13. The smallest absolute Gasteiger partial charge is 0.242 e. The van der Waals surface area contributed by atoms with E-state index in [1.807, 2.05) is 0 Å². The number of aromatic amines is 1. The van der Waals surface area contributed by atoms with E-state index in [-0.39, 0.29) is 11.8 Å². The van der Waals surface area contributed by atoms with Crippen LogP contribution >= 0.6 is 0 Å². The molecule has 0 amide bonds. The van der Waals surface area contributed by atoms with E-state index in [2.05, 4.69) is 19.9 Å². The van der Waals surface area contributed by atoms with E-state index in [0.717, 1.165) is 13.2 Å². The highest BCUT2D eigenvalue weighted by Crippen LogP contribution is 2.16. The van der Waals surface area contributed by atoms with Gasteiger partial charge in [-0.2, -0.15) is 9.97 Å². The number of aromatic nitrogens is 4. The number of anilines is 1. The Bertz CT molecular complexity index is 460. The van der Waals surface area contributed by atoms with Crippen LogP contribution in [0.1, 0.15) is 0 Å². The maximum Gasteiger partial charge on any atom is 0.242 e. The summed E-state index contributed by atoms with van der Waals surface area (Å²) in [6, 6.07) is 0. The van der Waals surface area contributed by atoms with Gasteiger partial charge in [-0.15, -0.1) is 0 Å². The molecule has 0 aliphatic carbocycles. The zero-order chi connectivity index (χ0) is 11.4. The van der Waals surface area contributed by atoms with Crippen molar-refractivity contribution in [2.75, 3.05) is 25.7 Å². The fourth-order valence-electron chi connectivity index (χ4n) is 1.13. The Morgan fingerprint density at radius 1 is 1.31 bits per heavy atom. The summed E-state index contributed by atoms with van der Waals surface area (Å²) < 4.78 is 9.44. The Morgan fingerprint density at radius 3 is 2.69 bits per heavy atom. The minimum Gasteiger partial charge on any atom is -0.492 e. The molecule has 0 bridgehead atoms. The van der Waals surface area contributed by atoms with Gasteiger partial charge in [-0.25, -0.2) is 4.98 Å². The highest BCUT2D eigenvalue weighted by Gasteiger charge is 2.05. The number of hydrogen-bond donors (Lipinski definition) is 3. The number of H-pyrrole nitrogens is 1. The largest absolute Gasteiger partial charge is 0.492 e. The lowest BCUT2D eigenvalue weighted by molar-refractivity contribution is 0.0692. The zero-order valence-corrected chi connectivity index (χ0v) is 8.38. The molecular weight excluding hydrogens is 214 g/mol. The van der Waals surface area contributed by atoms with E-state index in [1.165, 1.54) is 6.33 Å². The molecule has 4 N–H and O–H groups in total.